The summed E-state index contributed by atoms with van der Waals surface area (Å²) in [7, 11) is 2.00. The third-order valence-corrected chi connectivity index (χ3v) is 6.86. The zero-order valence-electron chi connectivity index (χ0n) is 20.3. The number of phenolic OH excluding ortho intramolecular Hbond substituents is 3. The molecule has 9 heteroatoms. The lowest BCUT2D eigenvalue weighted by atomic mass is 9.86. The van der Waals surface area contributed by atoms with Crippen molar-refractivity contribution in [3.05, 3.63) is 82.3 Å². The fourth-order valence-electron chi connectivity index (χ4n) is 4.77. The number of hydrogen-bond donors (Lipinski definition) is 3. The van der Waals surface area contributed by atoms with Gasteiger partial charge in [-0.15, -0.1) is 0 Å². The summed E-state index contributed by atoms with van der Waals surface area (Å²) >= 11 is 0. The Labute approximate surface area is 212 Å². The van der Waals surface area contributed by atoms with Crippen LogP contribution in [0.3, 0.4) is 0 Å². The summed E-state index contributed by atoms with van der Waals surface area (Å²) in [6.07, 6.45) is 3.08. The Kier molecular flexibility index (Phi) is 6.54. The molecule has 2 aromatic carbocycles. The van der Waals surface area contributed by atoms with Crippen molar-refractivity contribution in [3.8, 4) is 28.6 Å². The molecule has 0 saturated carbocycles. The van der Waals surface area contributed by atoms with Crippen LogP contribution in [0.15, 0.2) is 70.1 Å². The van der Waals surface area contributed by atoms with E-state index in [9.17, 15) is 24.9 Å². The molecule has 190 valence electrons. The summed E-state index contributed by atoms with van der Waals surface area (Å²) in [6, 6.07) is 13.6. The van der Waals surface area contributed by atoms with Crippen LogP contribution >= 0.6 is 0 Å². The van der Waals surface area contributed by atoms with E-state index < -0.39 is 28.6 Å². The number of fused-ring (bicyclic) bond motifs is 1. The first kappa shape index (κ1) is 24.3. The van der Waals surface area contributed by atoms with E-state index in [1.54, 1.807) is 53.7 Å². The molecule has 3 N–H and O–H groups in total. The average Bonchev–Trinajstić information content (AvgIpc) is 2.92. The minimum absolute atomic E-state index is 0.0376. The van der Waals surface area contributed by atoms with Gasteiger partial charge in [0.2, 0.25) is 11.7 Å². The summed E-state index contributed by atoms with van der Waals surface area (Å²) in [4.78, 5) is 34.7. The van der Waals surface area contributed by atoms with Crippen LogP contribution in [0.4, 0.5) is 0 Å². The van der Waals surface area contributed by atoms with Crippen LogP contribution in [-0.2, 0) is 4.79 Å². The Morgan fingerprint density at radius 3 is 2.41 bits per heavy atom. The normalized spacial score (nSPS) is 15.1. The predicted octanol–water partition coefficient (Wildman–Crippen LogP) is 3.27. The molecular formula is C28H27N3O6. The number of likely N-dealkylation sites (N-methyl/N-ethyl adjacent to an activating group) is 1. The van der Waals surface area contributed by atoms with Gasteiger partial charge in [-0.05, 0) is 18.7 Å². The molecule has 5 rings (SSSR count). The zero-order chi connectivity index (χ0) is 26.1. The Balaban J connectivity index is 1.72. The van der Waals surface area contributed by atoms with Gasteiger partial charge in [0.15, 0.2) is 16.9 Å². The monoisotopic (exact) mass is 501 g/mol. The van der Waals surface area contributed by atoms with E-state index in [2.05, 4.69) is 9.88 Å². The van der Waals surface area contributed by atoms with Gasteiger partial charge in [-0.1, -0.05) is 36.4 Å². The first-order valence-electron chi connectivity index (χ1n) is 12.0. The maximum atomic E-state index is 13.4. The zero-order valence-corrected chi connectivity index (χ0v) is 20.3. The first-order valence-corrected chi connectivity index (χ1v) is 12.0. The SMILES string of the molecule is CN1CCN(C(=O)C[C@H](c2cccnc2)c2c(O)c(O)c(O)c3c(=O)cc(-c4ccccc4)oc23)CC1. The number of amides is 1. The number of aromatic nitrogens is 1. The third-order valence-electron chi connectivity index (χ3n) is 6.86. The molecule has 0 unspecified atom stereocenters. The number of aromatic hydroxyl groups is 3. The number of rotatable bonds is 5. The Morgan fingerprint density at radius 1 is 1.00 bits per heavy atom. The molecule has 1 aliphatic heterocycles. The molecule has 2 aromatic heterocycles. The van der Waals surface area contributed by atoms with Crippen molar-refractivity contribution in [1.82, 2.24) is 14.8 Å². The van der Waals surface area contributed by atoms with E-state index in [4.69, 9.17) is 4.42 Å². The van der Waals surface area contributed by atoms with Crippen LogP contribution in [0.2, 0.25) is 0 Å². The first-order chi connectivity index (χ1) is 17.8. The van der Waals surface area contributed by atoms with Crippen molar-refractivity contribution in [2.75, 3.05) is 33.2 Å². The van der Waals surface area contributed by atoms with Crippen molar-refractivity contribution in [2.45, 2.75) is 12.3 Å². The largest absolute Gasteiger partial charge is 0.504 e. The second-order valence-corrected chi connectivity index (χ2v) is 9.23. The summed E-state index contributed by atoms with van der Waals surface area (Å²) in [5, 5.41) is 32.0. The van der Waals surface area contributed by atoms with Gasteiger partial charge < -0.3 is 29.5 Å². The van der Waals surface area contributed by atoms with E-state index >= 15 is 0 Å². The molecule has 37 heavy (non-hydrogen) atoms. The van der Waals surface area contributed by atoms with Crippen molar-refractivity contribution < 1.29 is 24.5 Å². The number of nitrogens with zero attached hydrogens (tertiary/aromatic N) is 3. The molecule has 9 nitrogen and oxygen atoms in total. The smallest absolute Gasteiger partial charge is 0.223 e. The second-order valence-electron chi connectivity index (χ2n) is 9.23. The number of pyridine rings is 1. The Bertz CT molecular complexity index is 1500. The highest BCUT2D eigenvalue weighted by molar-refractivity contribution is 5.94. The number of hydrogen-bond acceptors (Lipinski definition) is 8. The van der Waals surface area contributed by atoms with Crippen molar-refractivity contribution in [3.63, 3.8) is 0 Å². The molecule has 0 bridgehead atoms. The van der Waals surface area contributed by atoms with E-state index in [0.29, 0.717) is 24.2 Å². The predicted molar refractivity (Wildman–Crippen MR) is 138 cm³/mol. The molecule has 1 aliphatic rings. The van der Waals surface area contributed by atoms with Gasteiger partial charge in [0, 0.05) is 68.1 Å². The van der Waals surface area contributed by atoms with Crippen LogP contribution in [0.1, 0.15) is 23.5 Å². The van der Waals surface area contributed by atoms with Gasteiger partial charge in [0.1, 0.15) is 16.7 Å². The van der Waals surface area contributed by atoms with Gasteiger partial charge >= 0.3 is 0 Å². The van der Waals surface area contributed by atoms with Crippen LogP contribution in [-0.4, -0.2) is 69.2 Å². The quantitative estimate of drug-likeness (QED) is 0.356. The molecule has 4 aromatic rings. The van der Waals surface area contributed by atoms with E-state index in [-0.39, 0.29) is 34.6 Å². The fourth-order valence-corrected chi connectivity index (χ4v) is 4.77. The lowest BCUT2D eigenvalue weighted by Crippen LogP contribution is -2.47. The summed E-state index contributed by atoms with van der Waals surface area (Å²) in [6.45, 7) is 2.62. The van der Waals surface area contributed by atoms with Gasteiger partial charge in [-0.2, -0.15) is 0 Å². The number of carbonyl (C=O) groups excluding carboxylic acids is 1. The number of benzene rings is 2. The maximum Gasteiger partial charge on any atom is 0.223 e. The van der Waals surface area contributed by atoms with E-state index in [1.807, 2.05) is 13.1 Å². The topological polar surface area (TPSA) is 127 Å². The van der Waals surface area contributed by atoms with E-state index in [1.165, 1.54) is 6.07 Å². The van der Waals surface area contributed by atoms with Crippen molar-refractivity contribution >= 4 is 16.9 Å². The number of piperazine rings is 1. The average molecular weight is 502 g/mol. The van der Waals surface area contributed by atoms with Crippen LogP contribution in [0.25, 0.3) is 22.3 Å². The molecule has 3 heterocycles. The summed E-state index contributed by atoms with van der Waals surface area (Å²) < 4.78 is 6.14. The Hall–Kier alpha value is -4.37. The van der Waals surface area contributed by atoms with Crippen LogP contribution in [0, 0.1) is 0 Å². The molecule has 0 radical (unpaired) electrons. The second kappa shape index (κ2) is 9.94. The fraction of sp³-hybridized carbons (Fsp3) is 0.250. The molecule has 1 atom stereocenters. The van der Waals surface area contributed by atoms with Gasteiger partial charge in [0.05, 0.1) is 0 Å². The minimum atomic E-state index is -0.844. The third kappa shape index (κ3) is 4.61. The lowest BCUT2D eigenvalue weighted by Gasteiger charge is -2.33. The molecule has 1 fully saturated rings. The minimum Gasteiger partial charge on any atom is -0.504 e. The lowest BCUT2D eigenvalue weighted by molar-refractivity contribution is -0.133. The molecule has 1 saturated heterocycles. The number of phenols is 3. The van der Waals surface area contributed by atoms with Crippen molar-refractivity contribution in [1.29, 1.82) is 0 Å². The molecule has 0 spiro atoms. The molecular weight excluding hydrogens is 474 g/mol. The standard InChI is InChI=1S/C28H27N3O6/c1-30-10-12-31(13-11-30)22(33)14-19(18-8-5-9-29-16-18)23-25(34)27(36)26(35)24-20(32)15-21(37-28(23)24)17-6-3-2-4-7-17/h2-9,15-16,19,34-36H,10-14H2,1H3/t19-/m1/s1. The van der Waals surface area contributed by atoms with Gasteiger partial charge in [0.25, 0.3) is 0 Å². The van der Waals surface area contributed by atoms with E-state index in [0.717, 1.165) is 13.1 Å². The van der Waals surface area contributed by atoms with Crippen LogP contribution < -0.4 is 5.43 Å². The van der Waals surface area contributed by atoms with Gasteiger partial charge in [-0.25, -0.2) is 0 Å². The van der Waals surface area contributed by atoms with Crippen LogP contribution in [0.5, 0.6) is 17.2 Å². The number of carbonyl (C=O) groups is 1. The summed E-state index contributed by atoms with van der Waals surface area (Å²) in [5.74, 6) is -3.02. The molecule has 1 amide bonds. The Morgan fingerprint density at radius 2 is 1.73 bits per heavy atom. The molecule has 0 aliphatic carbocycles. The van der Waals surface area contributed by atoms with Gasteiger partial charge in [-0.3, -0.25) is 14.6 Å². The summed E-state index contributed by atoms with van der Waals surface area (Å²) in [5.41, 5.74) is 0.546. The van der Waals surface area contributed by atoms with Crippen molar-refractivity contribution in [2.24, 2.45) is 0 Å². The highest BCUT2D eigenvalue weighted by Crippen LogP contribution is 2.49. The maximum absolute atomic E-state index is 13.4. The highest BCUT2D eigenvalue weighted by atomic mass is 16.3. The highest BCUT2D eigenvalue weighted by Gasteiger charge is 2.32.